The Balaban J connectivity index is 1.97. The smallest absolute Gasteiger partial charge is 0.357 e. The molecule has 3 rings (SSSR count). The molecule has 0 bridgehead atoms. The lowest BCUT2D eigenvalue weighted by atomic mass is 10.1. The summed E-state index contributed by atoms with van der Waals surface area (Å²) in [6.07, 6.45) is 0. The lowest BCUT2D eigenvalue weighted by Crippen LogP contribution is -2.31. The molecule has 12 heteroatoms. The highest BCUT2D eigenvalue weighted by Crippen LogP contribution is 2.27. The molecule has 32 heavy (non-hydrogen) atoms. The SMILES string of the molecule is CCOC(=O)c1c(C)oc(NC(=O)Cn2nc(C(=O)O)c3ccccc3c2=O)c1C(N)=O. The van der Waals surface area contributed by atoms with E-state index in [1.807, 2.05) is 0 Å². The highest BCUT2D eigenvalue weighted by Gasteiger charge is 2.29. The van der Waals surface area contributed by atoms with Gasteiger partial charge in [0.15, 0.2) is 5.69 Å². The molecule has 1 aromatic carbocycles. The number of hydrogen-bond acceptors (Lipinski definition) is 8. The van der Waals surface area contributed by atoms with Crippen molar-refractivity contribution in [1.82, 2.24) is 9.78 Å². The van der Waals surface area contributed by atoms with Crippen LogP contribution in [0.25, 0.3) is 10.8 Å². The summed E-state index contributed by atoms with van der Waals surface area (Å²) in [6.45, 7) is 2.28. The van der Waals surface area contributed by atoms with E-state index in [2.05, 4.69) is 10.4 Å². The molecule has 0 atom stereocenters. The number of aryl methyl sites for hydroxylation is 1. The van der Waals surface area contributed by atoms with Gasteiger partial charge in [-0.05, 0) is 19.9 Å². The van der Waals surface area contributed by atoms with Gasteiger partial charge < -0.3 is 20.0 Å². The monoisotopic (exact) mass is 442 g/mol. The van der Waals surface area contributed by atoms with Crippen molar-refractivity contribution < 1.29 is 33.4 Å². The zero-order valence-electron chi connectivity index (χ0n) is 17.0. The van der Waals surface area contributed by atoms with Gasteiger partial charge in [-0.25, -0.2) is 14.3 Å². The summed E-state index contributed by atoms with van der Waals surface area (Å²) in [5, 5.41) is 15.6. The van der Waals surface area contributed by atoms with E-state index >= 15 is 0 Å². The number of rotatable bonds is 7. The number of nitrogens with zero attached hydrogens (tertiary/aromatic N) is 2. The summed E-state index contributed by atoms with van der Waals surface area (Å²) < 4.78 is 10.9. The molecular formula is C20H18N4O8. The van der Waals surface area contributed by atoms with Crippen LogP contribution in [0.3, 0.4) is 0 Å². The van der Waals surface area contributed by atoms with Gasteiger partial charge in [0.05, 0.1) is 12.0 Å². The summed E-state index contributed by atoms with van der Waals surface area (Å²) in [7, 11) is 0. The Bertz CT molecular complexity index is 1320. The minimum Gasteiger partial charge on any atom is -0.476 e. The Morgan fingerprint density at radius 1 is 1.19 bits per heavy atom. The van der Waals surface area contributed by atoms with Gasteiger partial charge in [0.2, 0.25) is 11.8 Å². The summed E-state index contributed by atoms with van der Waals surface area (Å²) in [5.74, 6) is -4.59. The third-order valence-corrected chi connectivity index (χ3v) is 4.43. The standard InChI is InChI=1S/C20H18N4O8/c1-3-31-20(30)13-9(2)32-17(14(13)16(21)26)22-12(25)8-24-18(27)11-7-5-4-6-10(11)15(23-24)19(28)29/h4-7H,3,8H2,1-2H3,(H2,21,26)(H,22,25)(H,28,29). The van der Waals surface area contributed by atoms with Crippen LogP contribution in [-0.2, 0) is 16.1 Å². The van der Waals surface area contributed by atoms with E-state index < -0.39 is 47.4 Å². The second-order valence-electron chi connectivity index (χ2n) is 6.53. The average Bonchev–Trinajstić information content (AvgIpc) is 3.05. The number of aromatic carboxylic acids is 1. The van der Waals surface area contributed by atoms with Gasteiger partial charge in [0.1, 0.15) is 23.4 Å². The van der Waals surface area contributed by atoms with Gasteiger partial charge in [0, 0.05) is 5.39 Å². The van der Waals surface area contributed by atoms with Crippen molar-refractivity contribution in [2.24, 2.45) is 5.73 Å². The summed E-state index contributed by atoms with van der Waals surface area (Å²) in [4.78, 5) is 60.8. The molecular weight excluding hydrogens is 424 g/mol. The quantitative estimate of drug-likeness (QED) is 0.447. The number of furan rings is 1. The number of primary amides is 1. The minimum absolute atomic E-state index is 0.0123. The van der Waals surface area contributed by atoms with Crippen LogP contribution in [-0.4, -0.2) is 45.2 Å². The largest absolute Gasteiger partial charge is 0.476 e. The first-order valence-electron chi connectivity index (χ1n) is 9.29. The average molecular weight is 442 g/mol. The fourth-order valence-electron chi connectivity index (χ4n) is 3.12. The third kappa shape index (κ3) is 4.05. The van der Waals surface area contributed by atoms with E-state index in [4.69, 9.17) is 14.9 Å². The predicted octanol–water partition coefficient (Wildman–Crippen LogP) is 0.910. The first kappa shape index (κ1) is 22.2. The highest BCUT2D eigenvalue weighted by atomic mass is 16.5. The molecule has 0 saturated carbocycles. The van der Waals surface area contributed by atoms with Crippen LogP contribution < -0.4 is 16.6 Å². The van der Waals surface area contributed by atoms with Crippen molar-refractivity contribution in [3.63, 3.8) is 0 Å². The zero-order chi connectivity index (χ0) is 23.6. The van der Waals surface area contributed by atoms with Crippen LogP contribution >= 0.6 is 0 Å². The maximum atomic E-state index is 12.7. The predicted molar refractivity (Wildman–Crippen MR) is 110 cm³/mol. The number of carboxylic acids is 1. The Labute approximate surface area is 179 Å². The molecule has 12 nitrogen and oxygen atoms in total. The number of carbonyl (C=O) groups is 4. The van der Waals surface area contributed by atoms with E-state index in [9.17, 15) is 29.1 Å². The van der Waals surface area contributed by atoms with Gasteiger partial charge in [-0.15, -0.1) is 0 Å². The molecule has 0 aliphatic carbocycles. The number of benzene rings is 1. The number of carbonyl (C=O) groups excluding carboxylic acids is 3. The Morgan fingerprint density at radius 2 is 1.84 bits per heavy atom. The van der Waals surface area contributed by atoms with Crippen molar-refractivity contribution in [2.75, 3.05) is 11.9 Å². The number of fused-ring (bicyclic) bond motifs is 1. The number of nitrogens with two attached hydrogens (primary N) is 1. The molecule has 4 N–H and O–H groups in total. The first-order valence-corrected chi connectivity index (χ1v) is 9.29. The van der Waals surface area contributed by atoms with Crippen molar-refractivity contribution >= 4 is 40.4 Å². The number of carboxylic acid groups (broad SMARTS) is 1. The lowest BCUT2D eigenvalue weighted by Gasteiger charge is -2.09. The maximum absolute atomic E-state index is 12.7. The molecule has 0 unspecified atom stereocenters. The summed E-state index contributed by atoms with van der Waals surface area (Å²) >= 11 is 0. The zero-order valence-corrected chi connectivity index (χ0v) is 17.0. The number of hydrogen-bond donors (Lipinski definition) is 3. The molecule has 0 radical (unpaired) electrons. The highest BCUT2D eigenvalue weighted by molar-refractivity contribution is 6.10. The molecule has 0 spiro atoms. The van der Waals surface area contributed by atoms with Crippen LogP contribution in [0.1, 0.15) is 43.9 Å². The van der Waals surface area contributed by atoms with Gasteiger partial charge in [-0.3, -0.25) is 19.7 Å². The summed E-state index contributed by atoms with van der Waals surface area (Å²) in [6, 6.07) is 5.94. The maximum Gasteiger partial charge on any atom is 0.357 e. The molecule has 3 aromatic rings. The third-order valence-electron chi connectivity index (χ3n) is 4.43. The number of esters is 1. The number of aromatic nitrogens is 2. The van der Waals surface area contributed by atoms with Crippen molar-refractivity contribution in [1.29, 1.82) is 0 Å². The van der Waals surface area contributed by atoms with Crippen LogP contribution in [0, 0.1) is 6.92 Å². The van der Waals surface area contributed by atoms with Gasteiger partial charge in [-0.2, -0.15) is 5.10 Å². The van der Waals surface area contributed by atoms with Gasteiger partial charge >= 0.3 is 11.9 Å². The topological polar surface area (TPSA) is 184 Å². The van der Waals surface area contributed by atoms with Crippen LogP contribution in [0.5, 0.6) is 0 Å². The second-order valence-corrected chi connectivity index (χ2v) is 6.53. The molecule has 0 aliphatic rings. The normalized spacial score (nSPS) is 10.7. The number of nitrogens with one attached hydrogen (secondary N) is 1. The van der Waals surface area contributed by atoms with Crippen molar-refractivity contribution in [3.8, 4) is 0 Å². The van der Waals surface area contributed by atoms with E-state index in [0.29, 0.717) is 4.68 Å². The van der Waals surface area contributed by atoms with E-state index in [-0.39, 0.29) is 34.3 Å². The number of amides is 2. The van der Waals surface area contributed by atoms with E-state index in [0.717, 1.165) is 0 Å². The minimum atomic E-state index is -1.38. The number of ether oxygens (including phenoxy) is 1. The van der Waals surface area contributed by atoms with Gasteiger partial charge in [-0.1, -0.05) is 18.2 Å². The molecule has 2 amide bonds. The molecule has 166 valence electrons. The molecule has 0 saturated heterocycles. The van der Waals surface area contributed by atoms with E-state index in [1.165, 1.54) is 19.1 Å². The molecule has 0 fully saturated rings. The molecule has 0 aliphatic heterocycles. The molecule has 2 heterocycles. The van der Waals surface area contributed by atoms with Crippen molar-refractivity contribution in [2.45, 2.75) is 20.4 Å². The van der Waals surface area contributed by atoms with Crippen LogP contribution in [0.2, 0.25) is 0 Å². The van der Waals surface area contributed by atoms with Crippen molar-refractivity contribution in [3.05, 3.63) is 57.2 Å². The fourth-order valence-corrected chi connectivity index (χ4v) is 3.12. The Hall–Kier alpha value is -4.48. The first-order chi connectivity index (χ1) is 15.1. The fraction of sp³-hybridized carbons (Fsp3) is 0.200. The van der Waals surface area contributed by atoms with Gasteiger partial charge in [0.25, 0.3) is 11.5 Å². The second kappa shape index (κ2) is 8.71. The number of anilines is 1. The van der Waals surface area contributed by atoms with E-state index in [1.54, 1.807) is 19.1 Å². The lowest BCUT2D eigenvalue weighted by molar-refractivity contribution is -0.117. The molecule has 2 aromatic heterocycles. The summed E-state index contributed by atoms with van der Waals surface area (Å²) in [5.41, 5.74) is 3.61. The Morgan fingerprint density at radius 3 is 2.44 bits per heavy atom. The van der Waals surface area contributed by atoms with Crippen LogP contribution in [0.4, 0.5) is 5.88 Å². The van der Waals surface area contributed by atoms with Crippen LogP contribution in [0.15, 0.2) is 33.5 Å². The Kier molecular flexibility index (Phi) is 6.05.